The molecule has 0 radical (unpaired) electrons. The minimum Gasteiger partial charge on any atom is -0.493 e. The first-order chi connectivity index (χ1) is 10.9. The molecular formula is C16H22BrNO5. The van der Waals surface area contributed by atoms with Crippen molar-refractivity contribution in [1.82, 2.24) is 5.32 Å². The molecule has 0 fully saturated rings. The van der Waals surface area contributed by atoms with Crippen LogP contribution in [-0.4, -0.2) is 36.7 Å². The molecule has 6 nitrogen and oxygen atoms in total. The summed E-state index contributed by atoms with van der Waals surface area (Å²) in [5.74, 6) is -0.141. The summed E-state index contributed by atoms with van der Waals surface area (Å²) in [6, 6.07) is 3.03. The summed E-state index contributed by atoms with van der Waals surface area (Å²) in [6.07, 6.45) is 1.24. The maximum atomic E-state index is 12.3. The fourth-order valence-electron chi connectivity index (χ4n) is 1.91. The second kappa shape index (κ2) is 9.39. The second-order valence-electron chi connectivity index (χ2n) is 5.14. The molecule has 0 spiro atoms. The topological polar surface area (TPSA) is 84.9 Å². The van der Waals surface area contributed by atoms with Gasteiger partial charge in [0.1, 0.15) is 0 Å². The Bertz CT molecular complexity index is 562. The normalized spacial score (nSPS) is 11.7. The molecule has 23 heavy (non-hydrogen) atoms. The zero-order valence-corrected chi connectivity index (χ0v) is 15.1. The lowest BCUT2D eigenvalue weighted by atomic mass is 10.1. The molecule has 0 saturated heterocycles. The van der Waals surface area contributed by atoms with Crippen LogP contribution in [0.25, 0.3) is 0 Å². The van der Waals surface area contributed by atoms with Crippen LogP contribution in [0.2, 0.25) is 0 Å². The van der Waals surface area contributed by atoms with Crippen molar-refractivity contribution in [3.05, 3.63) is 22.2 Å². The fourth-order valence-corrected chi connectivity index (χ4v) is 2.47. The highest BCUT2D eigenvalue weighted by Gasteiger charge is 2.17. The number of methoxy groups -OCH3 is 1. The van der Waals surface area contributed by atoms with Gasteiger partial charge in [-0.05, 0) is 47.8 Å². The molecule has 1 rings (SSSR count). The molecule has 0 heterocycles. The summed E-state index contributed by atoms with van der Waals surface area (Å²) in [5, 5.41) is 11.4. The average molecular weight is 388 g/mol. The van der Waals surface area contributed by atoms with Crippen molar-refractivity contribution in [3.8, 4) is 11.5 Å². The molecule has 2 N–H and O–H groups in total. The SMILES string of the molecule is CCCOc1c(Br)cc(C(=O)NC(C)CCC(=O)O)cc1OC. The van der Waals surface area contributed by atoms with E-state index < -0.39 is 5.97 Å². The van der Waals surface area contributed by atoms with Gasteiger partial charge >= 0.3 is 5.97 Å². The van der Waals surface area contributed by atoms with Crippen molar-refractivity contribution < 1.29 is 24.2 Å². The third-order valence-corrected chi connectivity index (χ3v) is 3.70. The largest absolute Gasteiger partial charge is 0.493 e. The van der Waals surface area contributed by atoms with Crippen LogP contribution in [0.15, 0.2) is 16.6 Å². The summed E-state index contributed by atoms with van der Waals surface area (Å²) in [4.78, 5) is 22.8. The van der Waals surface area contributed by atoms with Gasteiger partial charge in [-0.3, -0.25) is 9.59 Å². The molecule has 0 bridgehead atoms. The predicted molar refractivity (Wildman–Crippen MR) is 90.3 cm³/mol. The number of ether oxygens (including phenoxy) is 2. The van der Waals surface area contributed by atoms with Crippen molar-refractivity contribution >= 4 is 27.8 Å². The number of nitrogens with one attached hydrogen (secondary N) is 1. The maximum absolute atomic E-state index is 12.3. The van der Waals surface area contributed by atoms with Crippen molar-refractivity contribution in [1.29, 1.82) is 0 Å². The Morgan fingerprint density at radius 3 is 2.65 bits per heavy atom. The van der Waals surface area contributed by atoms with Crippen LogP contribution in [0, 0.1) is 0 Å². The van der Waals surface area contributed by atoms with E-state index in [-0.39, 0.29) is 18.4 Å². The fraction of sp³-hybridized carbons (Fsp3) is 0.500. The Kier molecular flexibility index (Phi) is 7.88. The Morgan fingerprint density at radius 2 is 2.09 bits per heavy atom. The number of carboxylic acid groups (broad SMARTS) is 1. The molecule has 0 saturated carbocycles. The van der Waals surface area contributed by atoms with Gasteiger partial charge in [0, 0.05) is 18.0 Å². The van der Waals surface area contributed by atoms with Gasteiger partial charge < -0.3 is 19.9 Å². The number of hydrogen-bond acceptors (Lipinski definition) is 4. The molecule has 1 atom stereocenters. The second-order valence-corrected chi connectivity index (χ2v) is 6.00. The molecule has 1 amide bonds. The molecule has 0 aromatic heterocycles. The number of rotatable bonds is 9. The van der Waals surface area contributed by atoms with Crippen LogP contribution in [0.5, 0.6) is 11.5 Å². The van der Waals surface area contributed by atoms with E-state index in [4.69, 9.17) is 14.6 Å². The first kappa shape index (κ1) is 19.3. The van der Waals surface area contributed by atoms with E-state index in [2.05, 4.69) is 21.2 Å². The van der Waals surface area contributed by atoms with E-state index >= 15 is 0 Å². The van der Waals surface area contributed by atoms with E-state index in [1.54, 1.807) is 19.1 Å². The third-order valence-electron chi connectivity index (χ3n) is 3.11. The first-order valence-electron chi connectivity index (χ1n) is 7.42. The molecule has 1 unspecified atom stereocenters. The molecule has 128 valence electrons. The van der Waals surface area contributed by atoms with Gasteiger partial charge in [-0.25, -0.2) is 0 Å². The van der Waals surface area contributed by atoms with Crippen molar-refractivity contribution in [2.75, 3.05) is 13.7 Å². The van der Waals surface area contributed by atoms with Crippen LogP contribution in [0.4, 0.5) is 0 Å². The van der Waals surface area contributed by atoms with Crippen molar-refractivity contribution in [2.24, 2.45) is 0 Å². The number of carbonyl (C=O) groups excluding carboxylic acids is 1. The number of amides is 1. The number of hydrogen-bond donors (Lipinski definition) is 2. The summed E-state index contributed by atoms with van der Waals surface area (Å²) >= 11 is 3.39. The van der Waals surface area contributed by atoms with Gasteiger partial charge in [-0.15, -0.1) is 0 Å². The highest BCUT2D eigenvalue weighted by molar-refractivity contribution is 9.10. The number of carbonyl (C=O) groups is 2. The summed E-state index contributed by atoms with van der Waals surface area (Å²) < 4.78 is 11.5. The lowest BCUT2D eigenvalue weighted by Gasteiger charge is -2.16. The Morgan fingerprint density at radius 1 is 1.39 bits per heavy atom. The number of benzene rings is 1. The van der Waals surface area contributed by atoms with Gasteiger partial charge in [0.25, 0.3) is 5.91 Å². The van der Waals surface area contributed by atoms with E-state index in [0.717, 1.165) is 6.42 Å². The Labute approximate surface area is 144 Å². The van der Waals surface area contributed by atoms with Crippen LogP contribution in [0.1, 0.15) is 43.5 Å². The minimum atomic E-state index is -0.882. The van der Waals surface area contributed by atoms with Crippen molar-refractivity contribution in [2.45, 2.75) is 39.2 Å². The van der Waals surface area contributed by atoms with Gasteiger partial charge in [-0.1, -0.05) is 6.92 Å². The molecule has 0 aliphatic rings. The van der Waals surface area contributed by atoms with E-state index in [1.807, 2.05) is 6.92 Å². The number of carboxylic acids is 1. The monoisotopic (exact) mass is 387 g/mol. The standard InChI is InChI=1S/C16H22BrNO5/c1-4-7-23-15-12(17)8-11(9-13(15)22-3)16(21)18-10(2)5-6-14(19)20/h8-10H,4-7H2,1-3H3,(H,18,21)(H,19,20). The summed E-state index contributed by atoms with van der Waals surface area (Å²) in [5.41, 5.74) is 0.416. The van der Waals surface area contributed by atoms with Crippen molar-refractivity contribution in [3.63, 3.8) is 0 Å². The van der Waals surface area contributed by atoms with Crippen LogP contribution < -0.4 is 14.8 Å². The zero-order chi connectivity index (χ0) is 17.4. The van der Waals surface area contributed by atoms with Crippen LogP contribution >= 0.6 is 15.9 Å². The third kappa shape index (κ3) is 6.09. The molecule has 1 aromatic carbocycles. The highest BCUT2D eigenvalue weighted by atomic mass is 79.9. The van der Waals surface area contributed by atoms with E-state index in [9.17, 15) is 9.59 Å². The molecule has 1 aromatic rings. The predicted octanol–water partition coefficient (Wildman–Crippen LogP) is 3.23. The Hall–Kier alpha value is -1.76. The summed E-state index contributed by atoms with van der Waals surface area (Å²) in [6.45, 7) is 4.32. The first-order valence-corrected chi connectivity index (χ1v) is 8.21. The van der Waals surface area contributed by atoms with E-state index in [1.165, 1.54) is 7.11 Å². The maximum Gasteiger partial charge on any atom is 0.303 e. The summed E-state index contributed by atoms with van der Waals surface area (Å²) in [7, 11) is 1.51. The average Bonchev–Trinajstić information content (AvgIpc) is 2.50. The quantitative estimate of drug-likeness (QED) is 0.679. The van der Waals surface area contributed by atoms with Crippen LogP contribution in [-0.2, 0) is 4.79 Å². The number of halogens is 1. The highest BCUT2D eigenvalue weighted by Crippen LogP contribution is 2.36. The molecular weight excluding hydrogens is 366 g/mol. The lowest BCUT2D eigenvalue weighted by molar-refractivity contribution is -0.137. The minimum absolute atomic E-state index is 0.0122. The molecule has 0 aliphatic carbocycles. The van der Waals surface area contributed by atoms with Gasteiger partial charge in [0.2, 0.25) is 0 Å². The van der Waals surface area contributed by atoms with Crippen LogP contribution in [0.3, 0.4) is 0 Å². The van der Waals surface area contributed by atoms with Gasteiger partial charge in [0.05, 0.1) is 18.2 Å². The molecule has 7 heteroatoms. The number of aliphatic carboxylic acids is 1. The molecule has 0 aliphatic heterocycles. The van der Waals surface area contributed by atoms with Gasteiger partial charge in [-0.2, -0.15) is 0 Å². The smallest absolute Gasteiger partial charge is 0.303 e. The zero-order valence-electron chi connectivity index (χ0n) is 13.5. The van der Waals surface area contributed by atoms with E-state index in [0.29, 0.717) is 34.6 Å². The lowest BCUT2D eigenvalue weighted by Crippen LogP contribution is -2.33. The Balaban J connectivity index is 2.85. The van der Waals surface area contributed by atoms with Gasteiger partial charge in [0.15, 0.2) is 11.5 Å².